The summed E-state index contributed by atoms with van der Waals surface area (Å²) in [5.74, 6) is 0.791. The fraction of sp³-hybridized carbons (Fsp3) is 0.733. The van der Waals surface area contributed by atoms with E-state index in [1.807, 2.05) is 0 Å². The summed E-state index contributed by atoms with van der Waals surface area (Å²) in [5.41, 5.74) is 0.345. The third-order valence-corrected chi connectivity index (χ3v) is 6.07. The molecule has 0 saturated carbocycles. The van der Waals surface area contributed by atoms with Crippen molar-refractivity contribution in [1.82, 2.24) is 10.1 Å². The van der Waals surface area contributed by atoms with Crippen molar-refractivity contribution in [2.24, 2.45) is 11.8 Å². The molecule has 0 N–H and O–H groups in total. The van der Waals surface area contributed by atoms with Crippen LogP contribution in [0.2, 0.25) is 0 Å². The van der Waals surface area contributed by atoms with Crippen LogP contribution in [-0.4, -0.2) is 42.7 Å². The molecule has 22 heavy (non-hydrogen) atoms. The molecular formula is C15H24N2O4S. The van der Waals surface area contributed by atoms with Gasteiger partial charge in [-0.3, -0.25) is 4.79 Å². The molecule has 3 atom stereocenters. The van der Waals surface area contributed by atoms with Gasteiger partial charge in [0.1, 0.15) is 11.0 Å². The first-order valence-electron chi connectivity index (χ1n) is 7.61. The lowest BCUT2D eigenvalue weighted by Crippen LogP contribution is -2.48. The molecule has 1 saturated heterocycles. The Balaban J connectivity index is 2.08. The zero-order chi connectivity index (χ0) is 16.5. The Morgan fingerprint density at radius 3 is 2.50 bits per heavy atom. The molecule has 7 heteroatoms. The maximum atomic E-state index is 12.5. The van der Waals surface area contributed by atoms with Gasteiger partial charge in [-0.15, -0.1) is 0 Å². The van der Waals surface area contributed by atoms with Gasteiger partial charge in [0, 0.05) is 19.2 Å². The van der Waals surface area contributed by atoms with Gasteiger partial charge in [0.25, 0.3) is 0 Å². The van der Waals surface area contributed by atoms with Gasteiger partial charge < -0.3 is 9.42 Å². The lowest BCUT2D eigenvalue weighted by molar-refractivity contribution is -0.133. The standard InChI is InChI=1S/C15H24N2O4S/c1-10-5-11(2)8-17(7-10)15(18)13(4)22(19,20)9-14-6-12(3)21-16-14/h6,10-11,13H,5,7-9H2,1-4H3. The molecule has 0 aliphatic carbocycles. The number of nitrogens with zero attached hydrogens (tertiary/aromatic N) is 2. The molecule has 0 bridgehead atoms. The predicted molar refractivity (Wildman–Crippen MR) is 82.9 cm³/mol. The number of aryl methyl sites for hydroxylation is 1. The molecule has 0 radical (unpaired) electrons. The molecule has 1 aliphatic heterocycles. The Bertz CT molecular complexity index is 628. The third kappa shape index (κ3) is 3.88. The molecule has 6 nitrogen and oxygen atoms in total. The summed E-state index contributed by atoms with van der Waals surface area (Å²) < 4.78 is 29.7. The maximum Gasteiger partial charge on any atom is 0.240 e. The van der Waals surface area contributed by atoms with E-state index in [9.17, 15) is 13.2 Å². The van der Waals surface area contributed by atoms with Crippen molar-refractivity contribution in [3.63, 3.8) is 0 Å². The molecule has 1 aromatic heterocycles. The van der Waals surface area contributed by atoms with E-state index in [0.717, 1.165) is 6.42 Å². The van der Waals surface area contributed by atoms with Crippen LogP contribution in [0.4, 0.5) is 0 Å². The second-order valence-corrected chi connectivity index (χ2v) is 8.89. The molecule has 2 rings (SSSR count). The van der Waals surface area contributed by atoms with Crippen molar-refractivity contribution >= 4 is 15.7 Å². The first-order chi connectivity index (χ1) is 10.2. The van der Waals surface area contributed by atoms with E-state index in [1.165, 1.54) is 6.92 Å². The molecule has 2 heterocycles. The van der Waals surface area contributed by atoms with Gasteiger partial charge in [0.15, 0.2) is 9.84 Å². The van der Waals surface area contributed by atoms with Gasteiger partial charge in [-0.2, -0.15) is 0 Å². The molecule has 1 aliphatic rings. The lowest BCUT2D eigenvalue weighted by Gasteiger charge is -2.36. The van der Waals surface area contributed by atoms with Crippen LogP contribution in [0.15, 0.2) is 10.6 Å². The topological polar surface area (TPSA) is 80.5 Å². The maximum absolute atomic E-state index is 12.5. The Labute approximate surface area is 131 Å². The zero-order valence-electron chi connectivity index (χ0n) is 13.6. The quantitative estimate of drug-likeness (QED) is 0.842. The molecule has 1 amide bonds. The van der Waals surface area contributed by atoms with Crippen molar-refractivity contribution in [3.8, 4) is 0 Å². The van der Waals surface area contributed by atoms with E-state index in [2.05, 4.69) is 19.0 Å². The van der Waals surface area contributed by atoms with Gasteiger partial charge in [-0.25, -0.2) is 8.42 Å². The molecule has 1 fully saturated rings. The largest absolute Gasteiger partial charge is 0.361 e. The van der Waals surface area contributed by atoms with Gasteiger partial charge >= 0.3 is 0 Å². The van der Waals surface area contributed by atoms with Crippen LogP contribution in [0, 0.1) is 18.8 Å². The highest BCUT2D eigenvalue weighted by atomic mass is 32.2. The van der Waals surface area contributed by atoms with Crippen LogP contribution >= 0.6 is 0 Å². The number of sulfone groups is 1. The molecule has 124 valence electrons. The fourth-order valence-electron chi connectivity index (χ4n) is 3.07. The SMILES string of the molecule is Cc1cc(CS(=O)(=O)C(C)C(=O)N2CC(C)CC(C)C2)no1. The first-order valence-corrected chi connectivity index (χ1v) is 9.33. The van der Waals surface area contributed by atoms with E-state index in [1.54, 1.807) is 17.9 Å². The summed E-state index contributed by atoms with van der Waals surface area (Å²) in [6.45, 7) is 8.61. The number of piperidine rings is 1. The number of aromatic nitrogens is 1. The average Bonchev–Trinajstić information content (AvgIpc) is 2.80. The molecular weight excluding hydrogens is 304 g/mol. The molecule has 1 aromatic rings. The van der Waals surface area contributed by atoms with E-state index in [0.29, 0.717) is 36.4 Å². The Hall–Kier alpha value is -1.37. The van der Waals surface area contributed by atoms with Crippen LogP contribution < -0.4 is 0 Å². The van der Waals surface area contributed by atoms with E-state index in [4.69, 9.17) is 4.52 Å². The second-order valence-electron chi connectivity index (χ2n) is 6.57. The highest BCUT2D eigenvalue weighted by molar-refractivity contribution is 7.92. The number of hydrogen-bond acceptors (Lipinski definition) is 5. The van der Waals surface area contributed by atoms with Crippen molar-refractivity contribution < 1.29 is 17.7 Å². The van der Waals surface area contributed by atoms with Crippen LogP contribution in [0.3, 0.4) is 0 Å². The summed E-state index contributed by atoms with van der Waals surface area (Å²) in [6, 6.07) is 1.58. The highest BCUT2D eigenvalue weighted by Crippen LogP contribution is 2.23. The van der Waals surface area contributed by atoms with Crippen LogP contribution in [0.5, 0.6) is 0 Å². The minimum atomic E-state index is -3.60. The Morgan fingerprint density at radius 1 is 1.41 bits per heavy atom. The lowest BCUT2D eigenvalue weighted by atomic mass is 9.92. The molecule has 3 unspecified atom stereocenters. The van der Waals surface area contributed by atoms with E-state index in [-0.39, 0.29) is 11.7 Å². The number of likely N-dealkylation sites (tertiary alicyclic amines) is 1. The minimum absolute atomic E-state index is 0.268. The number of carbonyl (C=O) groups excluding carboxylic acids is 1. The predicted octanol–water partition coefficient (Wildman–Crippen LogP) is 1.79. The van der Waals surface area contributed by atoms with Crippen molar-refractivity contribution in [1.29, 1.82) is 0 Å². The Morgan fingerprint density at radius 2 is 2.00 bits per heavy atom. The third-order valence-electron chi connectivity index (χ3n) is 4.09. The van der Waals surface area contributed by atoms with Crippen LogP contribution in [-0.2, 0) is 20.4 Å². The Kier molecular flexibility index (Phi) is 4.94. The monoisotopic (exact) mass is 328 g/mol. The second kappa shape index (κ2) is 6.40. The fourth-order valence-corrected chi connectivity index (χ4v) is 4.33. The summed E-state index contributed by atoms with van der Waals surface area (Å²) in [6.07, 6.45) is 1.07. The number of amides is 1. The van der Waals surface area contributed by atoms with E-state index >= 15 is 0 Å². The summed E-state index contributed by atoms with van der Waals surface area (Å²) in [4.78, 5) is 14.2. The highest BCUT2D eigenvalue weighted by Gasteiger charge is 2.35. The normalized spacial score (nSPS) is 24.3. The number of hydrogen-bond donors (Lipinski definition) is 0. The summed E-state index contributed by atoms with van der Waals surface area (Å²) in [5, 5.41) is 2.65. The zero-order valence-corrected chi connectivity index (χ0v) is 14.4. The number of carbonyl (C=O) groups is 1. The number of rotatable bonds is 4. The first kappa shape index (κ1) is 17.0. The summed E-state index contributed by atoms with van der Waals surface area (Å²) >= 11 is 0. The minimum Gasteiger partial charge on any atom is -0.361 e. The van der Waals surface area contributed by atoms with Crippen LogP contribution in [0.25, 0.3) is 0 Å². The van der Waals surface area contributed by atoms with Crippen LogP contribution in [0.1, 0.15) is 38.6 Å². The van der Waals surface area contributed by atoms with Crippen molar-refractivity contribution in [3.05, 3.63) is 17.5 Å². The van der Waals surface area contributed by atoms with Gasteiger partial charge in [0.05, 0.1) is 11.4 Å². The van der Waals surface area contributed by atoms with E-state index < -0.39 is 15.1 Å². The smallest absolute Gasteiger partial charge is 0.240 e. The molecule has 0 spiro atoms. The van der Waals surface area contributed by atoms with Gasteiger partial charge in [-0.1, -0.05) is 19.0 Å². The van der Waals surface area contributed by atoms with Gasteiger partial charge in [0.2, 0.25) is 5.91 Å². The average molecular weight is 328 g/mol. The van der Waals surface area contributed by atoms with Gasteiger partial charge in [-0.05, 0) is 32.1 Å². The molecule has 0 aromatic carbocycles. The summed E-state index contributed by atoms with van der Waals surface area (Å²) in [7, 11) is -3.60. The van der Waals surface area contributed by atoms with Crippen molar-refractivity contribution in [2.45, 2.75) is 45.1 Å². The van der Waals surface area contributed by atoms with Crippen molar-refractivity contribution in [2.75, 3.05) is 13.1 Å².